The number of benzene rings is 1. The minimum atomic E-state index is 0.0347. The molecular weight excluding hydrogens is 1190 g/mol. The first-order valence-electron chi connectivity index (χ1n) is 31.4. The number of para-hydroxylation sites is 1. The minimum Gasteiger partial charge on any atom is -0.365 e. The lowest BCUT2D eigenvalue weighted by atomic mass is 10.2. The van der Waals surface area contributed by atoms with Crippen molar-refractivity contribution in [2.75, 3.05) is 0 Å². The molecule has 0 fully saturated rings. The van der Waals surface area contributed by atoms with Gasteiger partial charge in [0.1, 0.15) is 12.2 Å². The Kier molecular flexibility index (Phi) is 32.9. The summed E-state index contributed by atoms with van der Waals surface area (Å²) in [6.07, 6.45) is 25.4. The second kappa shape index (κ2) is 40.8. The van der Waals surface area contributed by atoms with E-state index in [0.717, 1.165) is 73.5 Å². The van der Waals surface area contributed by atoms with Gasteiger partial charge in [0.15, 0.2) is 5.65 Å². The molecule has 96 heavy (non-hydrogen) atoms. The number of hydrogen-bond donors (Lipinski definition) is 1. The first kappa shape index (κ1) is 77.4. The summed E-state index contributed by atoms with van der Waals surface area (Å²) in [6, 6.07) is 35.3. The fourth-order valence-corrected chi connectivity index (χ4v) is 8.31. The number of aryl methyl sites for hydroxylation is 20. The van der Waals surface area contributed by atoms with Crippen molar-refractivity contribution < 1.29 is 0 Å². The predicted octanol–water partition coefficient (Wildman–Crippen LogP) is 15.5. The van der Waals surface area contributed by atoms with Crippen LogP contribution in [0.2, 0.25) is 0 Å². The summed E-state index contributed by atoms with van der Waals surface area (Å²) in [6.45, 7) is 36.3. The summed E-state index contributed by atoms with van der Waals surface area (Å²) in [5.74, 6) is 0.854. The van der Waals surface area contributed by atoms with Gasteiger partial charge in [0.05, 0.1) is 34.8 Å². The first-order valence-corrected chi connectivity index (χ1v) is 31.4. The third-order valence-electron chi connectivity index (χ3n) is 14.2. The third-order valence-corrected chi connectivity index (χ3v) is 14.2. The molecule has 13 aromatic heterocycles. The Morgan fingerprint density at radius 3 is 1.47 bits per heavy atom. The molecule has 0 bridgehead atoms. The van der Waals surface area contributed by atoms with Crippen molar-refractivity contribution in [1.82, 2.24) is 88.6 Å². The number of nitrogens with one attached hydrogen (secondary N) is 1. The van der Waals surface area contributed by atoms with Crippen LogP contribution in [0, 0.1) is 125 Å². The zero-order valence-electron chi connectivity index (χ0n) is 60.0. The molecule has 1 aromatic carbocycles. The van der Waals surface area contributed by atoms with Gasteiger partial charge in [-0.3, -0.25) is 49.0 Å². The summed E-state index contributed by atoms with van der Waals surface area (Å²) >= 11 is 0. The van der Waals surface area contributed by atoms with E-state index in [4.69, 9.17) is 0 Å². The van der Waals surface area contributed by atoms with Gasteiger partial charge in [-0.1, -0.05) is 48.5 Å². The average molecular weight is 1290 g/mol. The van der Waals surface area contributed by atoms with Gasteiger partial charge in [-0.25, -0.2) is 19.5 Å². The van der Waals surface area contributed by atoms with Crippen LogP contribution in [0.4, 0.5) is 0 Å². The van der Waals surface area contributed by atoms with Crippen LogP contribution in [0.15, 0.2) is 201 Å². The van der Waals surface area contributed by atoms with E-state index in [9.17, 15) is 4.79 Å². The second-order valence-corrected chi connectivity index (χ2v) is 22.9. The van der Waals surface area contributed by atoms with Crippen LogP contribution in [0.1, 0.15) is 102 Å². The third kappa shape index (κ3) is 28.8. The van der Waals surface area contributed by atoms with Gasteiger partial charge < -0.3 is 9.55 Å². The van der Waals surface area contributed by atoms with Gasteiger partial charge in [-0.2, -0.15) is 15.3 Å². The molecule has 14 rings (SSSR count). The molecule has 0 spiro atoms. The lowest BCUT2D eigenvalue weighted by Gasteiger charge is -1.97. The highest BCUT2D eigenvalue weighted by atomic mass is 16.1. The van der Waals surface area contributed by atoms with Crippen molar-refractivity contribution in [3.63, 3.8) is 0 Å². The quantitative estimate of drug-likeness (QED) is 0.149. The lowest BCUT2D eigenvalue weighted by Crippen LogP contribution is -2.12. The second-order valence-electron chi connectivity index (χ2n) is 22.9. The van der Waals surface area contributed by atoms with E-state index in [1.807, 2.05) is 222 Å². The van der Waals surface area contributed by atoms with E-state index in [1.165, 1.54) is 66.2 Å². The largest absolute Gasteiger partial charge is 0.365 e. The van der Waals surface area contributed by atoms with E-state index in [1.54, 1.807) is 48.7 Å². The number of fused-ring (bicyclic) bond motifs is 3. The topological polar surface area (TPSA) is 220 Å². The SMILES string of the molecule is Cc1c[nH]c(C)c1C.Cc1cc(C)nc(C)n1.Cc1cc2c(cn1)cnn2C.Cc1cccn2ncnc12.Cc1cccnc1.Cc1cccnc1C.Cc1ccnc(C)c1.Cc1cnc(C)c(C)c1.Cc1cnc(C)cn1.Cn1ccccc1=O.Cn1ncc2ccccc21. The maximum atomic E-state index is 10.6. The Morgan fingerprint density at radius 2 is 1.00 bits per heavy atom. The minimum absolute atomic E-state index is 0.0347. The molecule has 0 saturated carbocycles. The Hall–Kier alpha value is -11.1. The predicted molar refractivity (Wildman–Crippen MR) is 391 cm³/mol. The first-order chi connectivity index (χ1) is 45.7. The van der Waals surface area contributed by atoms with E-state index < -0.39 is 0 Å². The normalized spacial score (nSPS) is 9.76. The van der Waals surface area contributed by atoms with Crippen LogP contribution in [-0.4, -0.2) is 88.6 Å². The molecule has 500 valence electrons. The van der Waals surface area contributed by atoms with Gasteiger partial charge in [0.25, 0.3) is 0 Å². The maximum absolute atomic E-state index is 10.6. The van der Waals surface area contributed by atoms with Crippen molar-refractivity contribution in [2.45, 2.75) is 125 Å². The highest BCUT2D eigenvalue weighted by molar-refractivity contribution is 5.78. The van der Waals surface area contributed by atoms with Crippen molar-refractivity contribution in [3.05, 3.63) is 308 Å². The zero-order chi connectivity index (χ0) is 70.7. The number of aromatic amines is 1. The summed E-state index contributed by atoms with van der Waals surface area (Å²) in [4.78, 5) is 54.4. The fraction of sp³-hybridized carbons (Fsp3) is 0.273. The smallest absolute Gasteiger partial charge is 0.250 e. The Bertz CT molecular complexity index is 4470. The van der Waals surface area contributed by atoms with Gasteiger partial charge in [0, 0.05) is 146 Å². The van der Waals surface area contributed by atoms with Crippen LogP contribution in [0.5, 0.6) is 0 Å². The van der Waals surface area contributed by atoms with Gasteiger partial charge in [-0.15, -0.1) is 0 Å². The molecule has 19 nitrogen and oxygen atoms in total. The number of hydrogen-bond acceptors (Lipinski definition) is 14. The van der Waals surface area contributed by atoms with E-state index >= 15 is 0 Å². The summed E-state index contributed by atoms with van der Waals surface area (Å²) in [5, 5.41) is 14.5. The standard InChI is InChI=1S/C8H9N3.C8H8N2.C8H11N.C7H7N3.C7H10N2.C7H11N.2C7H9N.C6H8N2.C6H7NO.C6H7N/c1-6-3-8-7(4-9-6)5-10-11(8)2;1-10-8-5-3-2-4-7(8)6-9-10;1-6-4-7(2)8(3)9-5-6;1-6-3-2-4-10-7(6)8-5-9-10;1-5-4-6(2)9-7(3)8-5;1-5-4-8-7(3)6(5)2;1-6-3-4-8-7(2)5-6;1-6-4-3-5-8-7(6)2;1-5-3-8-6(2)4-7-5;1-7-5-3-2-4-6(7)8;1-6-3-2-4-7-5-6/h3-5H,1-2H3;2-6H,1H3;4-5H,1-3H3;2-5H,1H3;4H,1-3H3;4,8H,1-3H3;2*3-5H,1-2H3;3-4H,1-2H3;2-5H,1H3;2-5H,1H3. The zero-order valence-corrected chi connectivity index (χ0v) is 60.0. The molecule has 14 aromatic rings. The Balaban J connectivity index is 0.000000225. The van der Waals surface area contributed by atoms with Crippen molar-refractivity contribution >= 4 is 27.5 Å². The van der Waals surface area contributed by atoms with E-state index in [2.05, 4.69) is 149 Å². The van der Waals surface area contributed by atoms with Crippen LogP contribution < -0.4 is 5.56 Å². The number of rotatable bonds is 0. The van der Waals surface area contributed by atoms with Gasteiger partial charge in [0.2, 0.25) is 5.56 Å². The highest BCUT2D eigenvalue weighted by Gasteiger charge is 2.00. The summed E-state index contributed by atoms with van der Waals surface area (Å²) in [5.41, 5.74) is 23.1. The molecule has 0 atom stereocenters. The van der Waals surface area contributed by atoms with Crippen LogP contribution in [0.3, 0.4) is 0 Å². The maximum Gasteiger partial charge on any atom is 0.250 e. The molecule has 1 N–H and O–H groups in total. The van der Waals surface area contributed by atoms with Crippen molar-refractivity contribution in [1.29, 1.82) is 0 Å². The molecule has 0 aliphatic heterocycles. The van der Waals surface area contributed by atoms with Crippen LogP contribution >= 0.6 is 0 Å². The molecule has 0 amide bonds. The van der Waals surface area contributed by atoms with Crippen molar-refractivity contribution in [3.8, 4) is 0 Å². The molecular formula is C77H96N18O. The monoisotopic (exact) mass is 1290 g/mol. The van der Waals surface area contributed by atoms with Crippen LogP contribution in [-0.2, 0) is 21.1 Å². The van der Waals surface area contributed by atoms with E-state index in [0.29, 0.717) is 0 Å². The highest BCUT2D eigenvalue weighted by Crippen LogP contribution is 2.13. The summed E-state index contributed by atoms with van der Waals surface area (Å²) < 4.78 is 7.01. The van der Waals surface area contributed by atoms with Crippen molar-refractivity contribution in [2.24, 2.45) is 21.1 Å². The number of H-pyrrole nitrogens is 1. The molecule has 13 heterocycles. The van der Waals surface area contributed by atoms with Crippen LogP contribution in [0.25, 0.3) is 27.5 Å². The lowest BCUT2D eigenvalue weighted by molar-refractivity contribution is 0.796. The number of nitrogens with zero attached hydrogens (tertiary/aromatic N) is 17. The van der Waals surface area contributed by atoms with Gasteiger partial charge in [-0.05, 0) is 224 Å². The average Bonchev–Trinajstić information content (AvgIpc) is 1.73. The summed E-state index contributed by atoms with van der Waals surface area (Å²) in [7, 11) is 5.60. The Labute approximate surface area is 567 Å². The molecule has 19 heteroatoms. The molecule has 0 aliphatic carbocycles. The Morgan fingerprint density at radius 1 is 0.385 bits per heavy atom. The molecule has 0 aliphatic rings. The molecule has 0 radical (unpaired) electrons. The van der Waals surface area contributed by atoms with E-state index in [-0.39, 0.29) is 5.56 Å². The molecule has 0 saturated heterocycles. The molecule has 0 unspecified atom stereocenters. The number of pyridine rings is 7. The van der Waals surface area contributed by atoms with Gasteiger partial charge >= 0.3 is 0 Å². The fourth-order valence-electron chi connectivity index (χ4n) is 8.31. The number of aromatic nitrogens is 18.